The van der Waals surface area contributed by atoms with Gasteiger partial charge in [0.2, 0.25) is 0 Å². The van der Waals surface area contributed by atoms with Gasteiger partial charge in [-0.2, -0.15) is 13.2 Å². The maximum Gasteiger partial charge on any atom is 0.437 e. The highest BCUT2D eigenvalue weighted by Gasteiger charge is 2.35. The van der Waals surface area contributed by atoms with Crippen LogP contribution in [0.5, 0.6) is 11.5 Å². The molecule has 148 valence electrons. The number of halogens is 5. The third-order valence-corrected chi connectivity index (χ3v) is 2.79. The number of ether oxygens (including phenoxy) is 2. The van der Waals surface area contributed by atoms with E-state index < -0.39 is 36.1 Å². The third kappa shape index (κ3) is 7.59. The molecule has 2 aromatic rings. The van der Waals surface area contributed by atoms with Gasteiger partial charge in [0.15, 0.2) is 5.96 Å². The summed E-state index contributed by atoms with van der Waals surface area (Å²) in [7, 11) is 0. The molecule has 1 aromatic heterocycles. The lowest BCUT2D eigenvalue weighted by Gasteiger charge is -2.15. The molecule has 7 nitrogen and oxygen atoms in total. The van der Waals surface area contributed by atoms with E-state index in [1.807, 2.05) is 0 Å². The van der Waals surface area contributed by atoms with Crippen molar-refractivity contribution in [1.29, 1.82) is 0 Å². The molecule has 0 saturated carbocycles. The fourth-order valence-electron chi connectivity index (χ4n) is 1.79. The van der Waals surface area contributed by atoms with Crippen LogP contribution in [-0.4, -0.2) is 17.0 Å². The van der Waals surface area contributed by atoms with Crippen LogP contribution in [0, 0.1) is 0 Å². The Labute approximate surface area is 164 Å². The minimum Gasteiger partial charge on any atom is -0.455 e. The number of benzene rings is 1. The van der Waals surface area contributed by atoms with Gasteiger partial charge in [-0.25, -0.2) is 4.79 Å². The first-order valence-corrected chi connectivity index (χ1v) is 6.80. The van der Waals surface area contributed by atoms with Crippen LogP contribution < -0.4 is 16.2 Å². The average Bonchev–Trinajstić information content (AvgIpc) is 2.53. The van der Waals surface area contributed by atoms with Crippen LogP contribution in [0.15, 0.2) is 47.7 Å². The lowest BCUT2D eigenvalue weighted by atomic mass is 10.1. The lowest BCUT2D eigenvalue weighted by Crippen LogP contribution is -2.24. The first-order valence-electron chi connectivity index (χ1n) is 6.80. The molecule has 27 heavy (non-hydrogen) atoms. The summed E-state index contributed by atoms with van der Waals surface area (Å²) < 4.78 is 49.6. The zero-order valence-corrected chi connectivity index (χ0v) is 15.1. The minimum atomic E-state index is -4.67. The number of aromatic nitrogens is 1. The van der Waals surface area contributed by atoms with E-state index in [0.29, 0.717) is 0 Å². The Morgan fingerprint density at radius 1 is 1.19 bits per heavy atom. The molecule has 0 aliphatic heterocycles. The van der Waals surface area contributed by atoms with Crippen molar-refractivity contribution in [3.05, 3.63) is 53.9 Å². The molecule has 0 bridgehead atoms. The lowest BCUT2D eigenvalue weighted by molar-refractivity contribution is -0.138. The van der Waals surface area contributed by atoms with Crippen LogP contribution in [0.3, 0.4) is 0 Å². The topological polar surface area (TPSA) is 113 Å². The Kier molecular flexibility index (Phi) is 9.38. The summed E-state index contributed by atoms with van der Waals surface area (Å²) in [6.45, 7) is -0.439. The maximum atomic E-state index is 13.2. The summed E-state index contributed by atoms with van der Waals surface area (Å²) >= 11 is 0. The van der Waals surface area contributed by atoms with E-state index >= 15 is 0 Å². The number of nitrogens with zero attached hydrogens (tertiary/aromatic N) is 2. The van der Waals surface area contributed by atoms with E-state index in [9.17, 15) is 18.0 Å². The normalized spacial score (nSPS) is 10.0. The summed E-state index contributed by atoms with van der Waals surface area (Å²) in [6.07, 6.45) is -3.03. The van der Waals surface area contributed by atoms with Crippen LogP contribution in [0.4, 0.5) is 18.0 Å². The molecule has 0 aliphatic rings. The molecule has 0 saturated heterocycles. The van der Waals surface area contributed by atoms with Gasteiger partial charge < -0.3 is 20.9 Å². The van der Waals surface area contributed by atoms with Crippen molar-refractivity contribution in [2.75, 3.05) is 0 Å². The monoisotopic (exact) mass is 426 g/mol. The maximum absolute atomic E-state index is 13.2. The summed E-state index contributed by atoms with van der Waals surface area (Å²) in [5, 5.41) is 0. The van der Waals surface area contributed by atoms with Gasteiger partial charge in [-0.05, 0) is 29.8 Å². The number of nitrogens with two attached hydrogens (primary N) is 2. The standard InChI is InChI=1S/C15H13F3N4O3.2ClH/c16-15(17,18)11-6-9(8-24-14(23)22-13(19)20)3-4-12(11)25-10-2-1-5-21-7-10;;/h1-7H,8H2,(H4,19,20,22,23);2*1H. The van der Waals surface area contributed by atoms with Gasteiger partial charge in [-0.1, -0.05) is 6.07 Å². The van der Waals surface area contributed by atoms with E-state index in [1.54, 1.807) is 0 Å². The van der Waals surface area contributed by atoms with Crippen LogP contribution in [0.25, 0.3) is 0 Å². The first kappa shape index (κ1) is 24.3. The highest BCUT2D eigenvalue weighted by atomic mass is 35.5. The molecule has 0 radical (unpaired) electrons. The molecule has 0 atom stereocenters. The van der Waals surface area contributed by atoms with E-state index in [2.05, 4.69) is 14.7 Å². The fourth-order valence-corrected chi connectivity index (χ4v) is 1.79. The number of hydrogen-bond donors (Lipinski definition) is 2. The Morgan fingerprint density at radius 2 is 1.89 bits per heavy atom. The van der Waals surface area contributed by atoms with Gasteiger partial charge in [-0.3, -0.25) is 4.98 Å². The zero-order valence-electron chi connectivity index (χ0n) is 13.5. The predicted octanol–water partition coefficient (Wildman–Crippen LogP) is 3.65. The van der Waals surface area contributed by atoms with Crippen LogP contribution in [0.2, 0.25) is 0 Å². The van der Waals surface area contributed by atoms with Gasteiger partial charge in [0.25, 0.3) is 0 Å². The van der Waals surface area contributed by atoms with Gasteiger partial charge >= 0.3 is 12.3 Å². The molecule has 0 aliphatic carbocycles. The molecule has 1 heterocycles. The second-order valence-electron chi connectivity index (χ2n) is 4.71. The third-order valence-electron chi connectivity index (χ3n) is 2.79. The summed E-state index contributed by atoms with van der Waals surface area (Å²) in [5.74, 6) is -0.763. The number of hydrogen-bond acceptors (Lipinski definition) is 4. The number of aliphatic imine (C=N–C) groups is 1. The molecule has 4 N–H and O–H groups in total. The summed E-state index contributed by atoms with van der Waals surface area (Å²) in [6, 6.07) is 6.26. The number of carbonyl (C=O) groups excluding carboxylic acids is 1. The molecular formula is C15H15Cl2F3N4O3. The highest BCUT2D eigenvalue weighted by Crippen LogP contribution is 2.38. The van der Waals surface area contributed by atoms with Crippen molar-refractivity contribution in [2.24, 2.45) is 16.5 Å². The number of guanidine groups is 1. The SMILES string of the molecule is Cl.Cl.NC(N)=NC(=O)OCc1ccc(Oc2cccnc2)c(C(F)(F)F)c1. The van der Waals surface area contributed by atoms with Crippen LogP contribution in [0.1, 0.15) is 11.1 Å². The Balaban J connectivity index is 0.00000338. The second kappa shape index (κ2) is 10.4. The fraction of sp³-hybridized carbons (Fsp3) is 0.133. The van der Waals surface area contributed by atoms with Gasteiger partial charge in [-0.15, -0.1) is 29.8 Å². The van der Waals surface area contributed by atoms with E-state index in [0.717, 1.165) is 12.1 Å². The van der Waals surface area contributed by atoms with E-state index in [1.165, 1.54) is 30.6 Å². The Hall–Kier alpha value is -2.72. The smallest absolute Gasteiger partial charge is 0.437 e. The number of carbonyl (C=O) groups is 1. The van der Waals surface area contributed by atoms with Crippen molar-refractivity contribution >= 4 is 36.9 Å². The summed E-state index contributed by atoms with van der Waals surface area (Å²) in [5.41, 5.74) is 9.05. The number of rotatable bonds is 4. The van der Waals surface area contributed by atoms with E-state index in [4.69, 9.17) is 16.2 Å². The highest BCUT2D eigenvalue weighted by molar-refractivity contribution is 5.87. The summed E-state index contributed by atoms with van der Waals surface area (Å²) in [4.78, 5) is 18.1. The molecular weight excluding hydrogens is 412 g/mol. The van der Waals surface area contributed by atoms with Crippen molar-refractivity contribution < 1.29 is 27.4 Å². The van der Waals surface area contributed by atoms with E-state index in [-0.39, 0.29) is 36.1 Å². The van der Waals surface area contributed by atoms with Crippen molar-refractivity contribution in [2.45, 2.75) is 12.8 Å². The van der Waals surface area contributed by atoms with Crippen LogP contribution in [-0.2, 0) is 17.5 Å². The van der Waals surface area contributed by atoms with Gasteiger partial charge in [0.05, 0.1) is 11.8 Å². The molecule has 0 fully saturated rings. The number of pyridine rings is 1. The Morgan fingerprint density at radius 3 is 2.44 bits per heavy atom. The van der Waals surface area contributed by atoms with Crippen molar-refractivity contribution in [1.82, 2.24) is 4.98 Å². The molecule has 12 heteroatoms. The largest absolute Gasteiger partial charge is 0.455 e. The molecule has 0 spiro atoms. The van der Waals surface area contributed by atoms with Gasteiger partial charge in [0.1, 0.15) is 18.1 Å². The molecule has 2 rings (SSSR count). The minimum absolute atomic E-state index is 0. The quantitative estimate of drug-likeness (QED) is 0.569. The molecule has 1 amide bonds. The number of amides is 1. The van der Waals surface area contributed by atoms with Crippen LogP contribution >= 0.6 is 24.8 Å². The average molecular weight is 427 g/mol. The molecule has 1 aromatic carbocycles. The van der Waals surface area contributed by atoms with Crippen molar-refractivity contribution in [3.63, 3.8) is 0 Å². The number of alkyl halides is 3. The second-order valence-corrected chi connectivity index (χ2v) is 4.71. The van der Waals surface area contributed by atoms with Crippen molar-refractivity contribution in [3.8, 4) is 11.5 Å². The predicted molar refractivity (Wildman–Crippen MR) is 96.2 cm³/mol. The first-order chi connectivity index (χ1) is 11.8. The van der Waals surface area contributed by atoms with Gasteiger partial charge in [0, 0.05) is 6.20 Å². The zero-order chi connectivity index (χ0) is 18.4. The molecule has 0 unspecified atom stereocenters. The Bertz CT molecular complexity index is 786.